The number of carbonyl (C=O) groups is 1. The molecule has 0 unspecified atom stereocenters. The number of nitrogens with one attached hydrogen (secondary N) is 2. The third-order valence-corrected chi connectivity index (χ3v) is 6.96. The van der Waals surface area contributed by atoms with Crippen LogP contribution >= 0.6 is 15.9 Å². The number of fused-ring (bicyclic) bond motifs is 1. The summed E-state index contributed by atoms with van der Waals surface area (Å²) in [4.78, 5) is 24.9. The van der Waals surface area contributed by atoms with Crippen LogP contribution in [-0.4, -0.2) is 63.1 Å². The van der Waals surface area contributed by atoms with E-state index in [9.17, 15) is 23.1 Å². The van der Waals surface area contributed by atoms with Crippen LogP contribution < -0.4 is 11.1 Å². The Kier molecular flexibility index (Phi) is 7.62. The van der Waals surface area contributed by atoms with Gasteiger partial charge in [-0.3, -0.25) is 0 Å². The first-order valence-corrected chi connectivity index (χ1v) is 12.1. The Bertz CT molecular complexity index is 1220. The number of anilines is 1. The van der Waals surface area contributed by atoms with Gasteiger partial charge in [0.05, 0.1) is 21.2 Å². The number of benzene rings is 1. The number of aromatic nitrogens is 3. The maximum atomic E-state index is 13.9. The number of hydrogen-bond donors (Lipinski definition) is 4. The number of nitrogens with zero attached hydrogens (tertiary/aromatic N) is 3. The molecule has 3 heterocycles. The first kappa shape index (κ1) is 25.4. The van der Waals surface area contributed by atoms with Crippen molar-refractivity contribution >= 4 is 38.8 Å². The summed E-state index contributed by atoms with van der Waals surface area (Å²) in [5, 5.41) is 13.0. The zero-order valence-electron chi connectivity index (χ0n) is 18.8. The Hall–Kier alpha value is -2.70. The minimum atomic E-state index is -4.67. The van der Waals surface area contributed by atoms with Crippen LogP contribution in [0.3, 0.4) is 0 Å². The molecule has 1 fully saturated rings. The van der Waals surface area contributed by atoms with E-state index in [1.54, 1.807) is 0 Å². The van der Waals surface area contributed by atoms with Gasteiger partial charge in [-0.1, -0.05) is 6.07 Å². The highest BCUT2D eigenvalue weighted by molar-refractivity contribution is 9.10. The summed E-state index contributed by atoms with van der Waals surface area (Å²) >= 11 is 3.24. The minimum Gasteiger partial charge on any atom is -0.478 e. The fourth-order valence-corrected chi connectivity index (χ4v) is 5.06. The van der Waals surface area contributed by atoms with E-state index in [1.165, 1.54) is 18.3 Å². The van der Waals surface area contributed by atoms with Crippen LogP contribution in [-0.2, 0) is 6.18 Å². The first-order chi connectivity index (χ1) is 16.7. The number of piperidine rings is 1. The molecule has 2 aromatic heterocycles. The molecule has 35 heavy (non-hydrogen) atoms. The van der Waals surface area contributed by atoms with Gasteiger partial charge in [0, 0.05) is 35.9 Å². The van der Waals surface area contributed by atoms with E-state index in [4.69, 9.17) is 5.73 Å². The molecule has 188 valence electrons. The Morgan fingerprint density at radius 2 is 2.14 bits per heavy atom. The van der Waals surface area contributed by atoms with E-state index in [0.717, 1.165) is 51.5 Å². The van der Waals surface area contributed by atoms with Gasteiger partial charge in [0.15, 0.2) is 0 Å². The lowest BCUT2D eigenvalue weighted by molar-refractivity contribution is -0.137. The average Bonchev–Trinajstić information content (AvgIpc) is 3.24. The Labute approximate surface area is 208 Å². The van der Waals surface area contributed by atoms with Gasteiger partial charge in [-0.05, 0) is 67.3 Å². The molecule has 3 aromatic rings. The van der Waals surface area contributed by atoms with Crippen molar-refractivity contribution in [2.45, 2.75) is 37.9 Å². The standard InChI is InChI=1S/C23H26BrF3N6O2/c24-18-15(21(34)35)6-5-14-16(10-29-20(14)18)19-17(23(25,26)27)11-30-22(32-19)31-13-4-3-9-33(12-13)8-2-1-7-28/h5-6,10-11,13,29H,1-4,7-9,12,28H2,(H,34,35)(H,30,31,32)/t13-/m0/s1. The quantitative estimate of drug-likeness (QED) is 0.297. The van der Waals surface area contributed by atoms with Crippen LogP contribution in [0.25, 0.3) is 22.2 Å². The number of carboxylic acid groups (broad SMARTS) is 1. The van der Waals surface area contributed by atoms with Crippen molar-refractivity contribution in [3.8, 4) is 11.3 Å². The molecule has 1 aliphatic rings. The maximum absolute atomic E-state index is 13.9. The van der Waals surface area contributed by atoms with Gasteiger partial charge in [-0.15, -0.1) is 0 Å². The second-order valence-electron chi connectivity index (χ2n) is 8.59. The number of aromatic amines is 1. The Morgan fingerprint density at radius 1 is 1.34 bits per heavy atom. The summed E-state index contributed by atoms with van der Waals surface area (Å²) in [5.74, 6) is -1.03. The van der Waals surface area contributed by atoms with Crippen LogP contribution in [0.5, 0.6) is 0 Å². The van der Waals surface area contributed by atoms with Gasteiger partial charge in [0.2, 0.25) is 5.95 Å². The Balaban J connectivity index is 1.66. The molecule has 12 heteroatoms. The lowest BCUT2D eigenvalue weighted by atomic mass is 10.0. The number of alkyl halides is 3. The number of aromatic carboxylic acids is 1. The number of halogens is 4. The number of nitrogens with two attached hydrogens (primary N) is 1. The van der Waals surface area contributed by atoms with Crippen LogP contribution in [0, 0.1) is 0 Å². The van der Waals surface area contributed by atoms with Gasteiger partial charge in [-0.25, -0.2) is 14.8 Å². The zero-order valence-corrected chi connectivity index (χ0v) is 20.4. The van der Waals surface area contributed by atoms with Crippen molar-refractivity contribution in [3.63, 3.8) is 0 Å². The van der Waals surface area contributed by atoms with Crippen molar-refractivity contribution in [2.75, 3.05) is 31.5 Å². The molecule has 8 nitrogen and oxygen atoms in total. The number of H-pyrrole nitrogens is 1. The molecule has 0 amide bonds. The molecule has 1 aliphatic heterocycles. The highest BCUT2D eigenvalue weighted by Gasteiger charge is 2.36. The topological polar surface area (TPSA) is 120 Å². The van der Waals surface area contributed by atoms with E-state index >= 15 is 0 Å². The number of likely N-dealkylation sites (tertiary alicyclic amines) is 1. The number of unbranched alkanes of at least 4 members (excludes halogenated alkanes) is 1. The lowest BCUT2D eigenvalue weighted by Crippen LogP contribution is -2.42. The van der Waals surface area contributed by atoms with Gasteiger partial charge < -0.3 is 26.0 Å². The highest BCUT2D eigenvalue weighted by atomic mass is 79.9. The van der Waals surface area contributed by atoms with Crippen LogP contribution in [0.4, 0.5) is 19.1 Å². The lowest BCUT2D eigenvalue weighted by Gasteiger charge is -2.33. The number of hydrogen-bond acceptors (Lipinski definition) is 6. The van der Waals surface area contributed by atoms with Crippen molar-refractivity contribution in [2.24, 2.45) is 5.73 Å². The summed E-state index contributed by atoms with van der Waals surface area (Å²) in [7, 11) is 0. The zero-order chi connectivity index (χ0) is 25.2. The summed E-state index contributed by atoms with van der Waals surface area (Å²) in [6, 6.07) is 2.84. The van der Waals surface area contributed by atoms with Gasteiger partial charge in [-0.2, -0.15) is 13.2 Å². The van der Waals surface area contributed by atoms with Gasteiger partial charge in [0.25, 0.3) is 0 Å². The summed E-state index contributed by atoms with van der Waals surface area (Å²) in [6.45, 7) is 3.31. The van der Waals surface area contributed by atoms with E-state index in [2.05, 4.69) is 41.1 Å². The smallest absolute Gasteiger partial charge is 0.419 e. The molecule has 0 aliphatic carbocycles. The second kappa shape index (κ2) is 10.5. The van der Waals surface area contributed by atoms with Crippen molar-refractivity contribution in [1.82, 2.24) is 19.9 Å². The molecule has 0 spiro atoms. The molecular formula is C23H26BrF3N6O2. The molecule has 1 atom stereocenters. The van der Waals surface area contributed by atoms with Crippen LogP contribution in [0.15, 0.2) is 29.0 Å². The summed E-state index contributed by atoms with van der Waals surface area (Å²) in [6.07, 6.45) is 1.33. The summed E-state index contributed by atoms with van der Waals surface area (Å²) < 4.78 is 41.9. The van der Waals surface area contributed by atoms with Crippen molar-refractivity contribution in [1.29, 1.82) is 0 Å². The predicted octanol–water partition coefficient (Wildman–Crippen LogP) is 4.72. The van der Waals surface area contributed by atoms with Crippen molar-refractivity contribution in [3.05, 3.63) is 40.1 Å². The van der Waals surface area contributed by atoms with E-state index in [0.29, 0.717) is 17.4 Å². The molecule has 0 saturated carbocycles. The van der Waals surface area contributed by atoms with E-state index < -0.39 is 17.7 Å². The van der Waals surface area contributed by atoms with Crippen molar-refractivity contribution < 1.29 is 23.1 Å². The van der Waals surface area contributed by atoms with Gasteiger partial charge >= 0.3 is 12.1 Å². The third-order valence-electron chi connectivity index (χ3n) is 6.14. The number of rotatable bonds is 8. The fraction of sp³-hybridized carbons (Fsp3) is 0.435. The average molecular weight is 555 g/mol. The van der Waals surface area contributed by atoms with E-state index in [-0.39, 0.29) is 33.3 Å². The normalized spacial score (nSPS) is 17.1. The SMILES string of the molecule is NCCCCN1CCC[C@H](Nc2ncc(C(F)(F)F)c(-c3c[nH]c4c(Br)c(C(=O)O)ccc34)n2)C1. The molecule has 5 N–H and O–H groups in total. The Morgan fingerprint density at radius 3 is 2.86 bits per heavy atom. The largest absolute Gasteiger partial charge is 0.478 e. The predicted molar refractivity (Wildman–Crippen MR) is 130 cm³/mol. The summed E-state index contributed by atoms with van der Waals surface area (Å²) in [5.41, 5.74) is 4.93. The fourth-order valence-electron chi connectivity index (χ4n) is 4.43. The first-order valence-electron chi connectivity index (χ1n) is 11.4. The molecular weight excluding hydrogens is 529 g/mol. The molecule has 4 rings (SSSR count). The minimum absolute atomic E-state index is 0.000281. The number of carboxylic acids is 1. The maximum Gasteiger partial charge on any atom is 0.419 e. The van der Waals surface area contributed by atoms with E-state index in [1.807, 2.05) is 0 Å². The molecule has 0 bridgehead atoms. The third kappa shape index (κ3) is 5.60. The molecule has 1 aromatic carbocycles. The monoisotopic (exact) mass is 554 g/mol. The van der Waals surface area contributed by atoms with Crippen LogP contribution in [0.1, 0.15) is 41.6 Å². The van der Waals surface area contributed by atoms with Gasteiger partial charge in [0.1, 0.15) is 5.56 Å². The highest BCUT2D eigenvalue weighted by Crippen LogP contribution is 2.40. The van der Waals surface area contributed by atoms with Crippen LogP contribution in [0.2, 0.25) is 0 Å². The second-order valence-corrected chi connectivity index (χ2v) is 9.38. The molecule has 1 saturated heterocycles. The molecule has 0 radical (unpaired) electrons.